The van der Waals surface area contributed by atoms with E-state index in [1.807, 2.05) is 29.5 Å². The molecule has 8 nitrogen and oxygen atoms in total. The number of aliphatic hydroxyl groups is 1. The number of methoxy groups -OCH3 is 1. The van der Waals surface area contributed by atoms with Gasteiger partial charge in [0.1, 0.15) is 17.2 Å². The number of rotatable bonds is 9. The molecular weight excluding hydrogens is 358 g/mol. The molecule has 0 amide bonds. The molecule has 0 unspecified atom stereocenters. The van der Waals surface area contributed by atoms with E-state index in [2.05, 4.69) is 15.5 Å². The molecule has 8 heteroatoms. The second-order valence-corrected chi connectivity index (χ2v) is 7.44. The summed E-state index contributed by atoms with van der Waals surface area (Å²) in [6.45, 7) is 5.68. The normalized spacial score (nSPS) is 11.9. The highest BCUT2D eigenvalue weighted by Gasteiger charge is 2.22. The molecule has 2 aromatic heterocycles. The van der Waals surface area contributed by atoms with Gasteiger partial charge in [-0.25, -0.2) is 4.98 Å². The van der Waals surface area contributed by atoms with E-state index in [1.54, 1.807) is 7.11 Å². The van der Waals surface area contributed by atoms with Crippen molar-refractivity contribution in [2.45, 2.75) is 52.1 Å². The molecule has 2 N–H and O–H groups in total. The Hall–Kier alpha value is -2.74. The fraction of sp³-hybridized carbons (Fsp3) is 0.500. The number of hydrogen-bond acceptors (Lipinski definition) is 7. The van der Waals surface area contributed by atoms with Gasteiger partial charge in [-0.1, -0.05) is 6.42 Å². The third-order valence-corrected chi connectivity index (χ3v) is 4.75. The van der Waals surface area contributed by atoms with Crippen molar-refractivity contribution in [2.24, 2.45) is 0 Å². The smallest absolute Gasteiger partial charge is 0.204 e. The van der Waals surface area contributed by atoms with Crippen molar-refractivity contribution in [1.82, 2.24) is 19.6 Å². The van der Waals surface area contributed by atoms with Crippen molar-refractivity contribution in [3.8, 4) is 5.75 Å². The van der Waals surface area contributed by atoms with Gasteiger partial charge in [-0.2, -0.15) is 0 Å². The van der Waals surface area contributed by atoms with Crippen LogP contribution >= 0.6 is 0 Å². The van der Waals surface area contributed by atoms with E-state index in [0.717, 1.165) is 41.9 Å². The molecule has 2 heterocycles. The predicted octanol–water partition coefficient (Wildman–Crippen LogP) is 2.91. The third-order valence-electron chi connectivity index (χ3n) is 4.75. The minimum absolute atomic E-state index is 0.119. The molecule has 0 aliphatic carbocycles. The third kappa shape index (κ3) is 4.22. The first-order valence-electron chi connectivity index (χ1n) is 9.50. The summed E-state index contributed by atoms with van der Waals surface area (Å²) >= 11 is 0. The van der Waals surface area contributed by atoms with E-state index in [1.165, 1.54) is 13.8 Å². The Labute approximate surface area is 163 Å². The van der Waals surface area contributed by atoms with Crippen LogP contribution in [-0.2, 0) is 4.79 Å². The van der Waals surface area contributed by atoms with E-state index in [0.29, 0.717) is 24.4 Å². The lowest BCUT2D eigenvalue weighted by molar-refractivity contribution is -0.134. The molecule has 28 heavy (non-hydrogen) atoms. The molecule has 0 bridgehead atoms. The molecule has 150 valence electrons. The Balaban J connectivity index is 1.68. The summed E-state index contributed by atoms with van der Waals surface area (Å²) in [5.41, 5.74) is 1.17. The zero-order chi connectivity index (χ0) is 20.3. The maximum absolute atomic E-state index is 11.7. The number of aryl methyl sites for hydroxylation is 1. The van der Waals surface area contributed by atoms with Gasteiger partial charge in [0.2, 0.25) is 5.65 Å². The number of aromatic nitrogens is 4. The van der Waals surface area contributed by atoms with Crippen LogP contribution in [0.2, 0.25) is 0 Å². The summed E-state index contributed by atoms with van der Waals surface area (Å²) in [4.78, 5) is 16.4. The number of carbonyl (C=O) groups excluding carboxylic acids is 1. The minimum Gasteiger partial charge on any atom is -0.497 e. The second kappa shape index (κ2) is 8.10. The molecule has 3 aromatic rings. The molecule has 0 radical (unpaired) electrons. The van der Waals surface area contributed by atoms with Crippen LogP contribution in [0.15, 0.2) is 18.2 Å². The number of ether oxygens (including phenoxy) is 1. The van der Waals surface area contributed by atoms with Crippen LogP contribution in [-0.4, -0.2) is 49.7 Å². The number of nitrogens with zero attached hydrogens (tertiary/aromatic N) is 4. The monoisotopic (exact) mass is 385 g/mol. The zero-order valence-corrected chi connectivity index (χ0v) is 16.8. The summed E-state index contributed by atoms with van der Waals surface area (Å²) in [6.07, 6.45) is 2.92. The first-order chi connectivity index (χ1) is 13.3. The highest BCUT2D eigenvalue weighted by molar-refractivity contribution is 5.86. The highest BCUT2D eigenvalue weighted by atomic mass is 16.5. The molecule has 0 saturated heterocycles. The van der Waals surface area contributed by atoms with Crippen molar-refractivity contribution >= 4 is 28.3 Å². The zero-order valence-electron chi connectivity index (χ0n) is 16.8. The van der Waals surface area contributed by atoms with Gasteiger partial charge >= 0.3 is 0 Å². The molecular formula is C20H27N5O3. The first-order valence-corrected chi connectivity index (χ1v) is 9.50. The molecule has 0 spiro atoms. The van der Waals surface area contributed by atoms with Gasteiger partial charge in [-0.3, -0.25) is 9.20 Å². The lowest BCUT2D eigenvalue weighted by atomic mass is 9.98. The fourth-order valence-electron chi connectivity index (χ4n) is 3.10. The van der Waals surface area contributed by atoms with E-state index in [9.17, 15) is 9.90 Å². The van der Waals surface area contributed by atoms with Gasteiger partial charge in [0.05, 0.1) is 18.1 Å². The van der Waals surface area contributed by atoms with Gasteiger partial charge < -0.3 is 15.2 Å². The van der Waals surface area contributed by atoms with E-state index in [-0.39, 0.29) is 5.78 Å². The number of ketones is 1. The Morgan fingerprint density at radius 1 is 1.25 bits per heavy atom. The number of unbranched alkanes of at least 4 members (excludes halogenated alkanes) is 2. The maximum Gasteiger partial charge on any atom is 0.204 e. The molecule has 3 rings (SSSR count). The number of anilines is 1. The molecule has 0 aliphatic rings. The van der Waals surface area contributed by atoms with Crippen molar-refractivity contribution in [3.63, 3.8) is 0 Å². The van der Waals surface area contributed by atoms with Crippen molar-refractivity contribution in [2.75, 3.05) is 19.0 Å². The molecule has 0 atom stereocenters. The number of hydrogen-bond donors (Lipinski definition) is 2. The van der Waals surface area contributed by atoms with Gasteiger partial charge in [-0.05, 0) is 45.7 Å². The Morgan fingerprint density at radius 2 is 2.04 bits per heavy atom. The van der Waals surface area contributed by atoms with Gasteiger partial charge in [0.15, 0.2) is 11.6 Å². The van der Waals surface area contributed by atoms with Crippen LogP contribution in [0.4, 0.5) is 5.82 Å². The van der Waals surface area contributed by atoms with Crippen molar-refractivity contribution in [3.05, 3.63) is 24.0 Å². The lowest BCUT2D eigenvalue weighted by Crippen LogP contribution is -2.30. The van der Waals surface area contributed by atoms with Gasteiger partial charge in [-0.15, -0.1) is 10.2 Å². The maximum atomic E-state index is 11.7. The Bertz CT molecular complexity index is 991. The van der Waals surface area contributed by atoms with Gasteiger partial charge in [0.25, 0.3) is 0 Å². The largest absolute Gasteiger partial charge is 0.497 e. The van der Waals surface area contributed by atoms with E-state index >= 15 is 0 Å². The second-order valence-electron chi connectivity index (χ2n) is 7.44. The molecule has 0 fully saturated rings. The average molecular weight is 385 g/mol. The predicted molar refractivity (Wildman–Crippen MR) is 108 cm³/mol. The van der Waals surface area contributed by atoms with Crippen molar-refractivity contribution < 1.29 is 14.6 Å². The summed E-state index contributed by atoms with van der Waals surface area (Å²) in [7, 11) is 1.63. The summed E-state index contributed by atoms with van der Waals surface area (Å²) < 4.78 is 7.29. The van der Waals surface area contributed by atoms with Crippen LogP contribution in [0.5, 0.6) is 5.75 Å². The Kier molecular flexibility index (Phi) is 5.79. The standard InChI is InChI=1S/C20H27N5O3/c1-13-23-24-19-18(21-11-7-5-6-8-17(26)20(2,3)27)22-15-12-14(28-4)9-10-16(15)25(13)19/h9-10,12,27H,5-8,11H2,1-4H3,(H,21,22). The number of Topliss-reactive ketones (excluding diaryl/α,β-unsaturated/α-hetero) is 1. The number of carbonyl (C=O) groups is 1. The Morgan fingerprint density at radius 3 is 2.75 bits per heavy atom. The molecule has 0 aliphatic heterocycles. The molecule has 1 aromatic carbocycles. The molecule has 0 saturated carbocycles. The summed E-state index contributed by atoms with van der Waals surface area (Å²) in [5, 5.41) is 21.5. The van der Waals surface area contributed by atoms with Crippen molar-refractivity contribution in [1.29, 1.82) is 0 Å². The SMILES string of the molecule is COc1ccc2c(c1)nc(NCCCCCC(=O)C(C)(C)O)c1nnc(C)n12. The average Bonchev–Trinajstić information content (AvgIpc) is 3.05. The van der Waals surface area contributed by atoms with Crippen LogP contribution < -0.4 is 10.1 Å². The summed E-state index contributed by atoms with van der Waals surface area (Å²) in [5.74, 6) is 2.09. The number of fused-ring (bicyclic) bond motifs is 3. The quantitative estimate of drug-likeness (QED) is 0.546. The van der Waals surface area contributed by atoms with Gasteiger partial charge in [0, 0.05) is 19.0 Å². The first kappa shape index (κ1) is 20.0. The van der Waals surface area contributed by atoms with E-state index in [4.69, 9.17) is 9.72 Å². The topological polar surface area (TPSA) is 102 Å². The van der Waals surface area contributed by atoms with Crippen LogP contribution in [0.1, 0.15) is 45.4 Å². The van der Waals surface area contributed by atoms with Crippen LogP contribution in [0, 0.1) is 6.92 Å². The highest BCUT2D eigenvalue weighted by Crippen LogP contribution is 2.25. The fourth-order valence-corrected chi connectivity index (χ4v) is 3.10. The van der Waals surface area contributed by atoms with E-state index < -0.39 is 5.60 Å². The summed E-state index contributed by atoms with van der Waals surface area (Å²) in [6, 6.07) is 5.74. The van der Waals surface area contributed by atoms with Crippen LogP contribution in [0.25, 0.3) is 16.7 Å². The number of nitrogens with one attached hydrogen (secondary N) is 1. The number of benzene rings is 1. The lowest BCUT2D eigenvalue weighted by Gasteiger charge is -2.15. The minimum atomic E-state index is -1.24. The van der Waals surface area contributed by atoms with Crippen LogP contribution in [0.3, 0.4) is 0 Å².